The van der Waals surface area contributed by atoms with E-state index < -0.39 is 0 Å². The molecule has 0 saturated heterocycles. The number of allylic oxidation sites excluding steroid dienone is 1. The van der Waals surface area contributed by atoms with Gasteiger partial charge in [0.15, 0.2) is 0 Å². The van der Waals surface area contributed by atoms with E-state index >= 15 is 0 Å². The highest BCUT2D eigenvalue weighted by molar-refractivity contribution is 6.24. The number of nitrogens with zero attached hydrogens (tertiary/aromatic N) is 4. The molecule has 4 heterocycles. The molecule has 1 aliphatic heterocycles. The van der Waals surface area contributed by atoms with Gasteiger partial charge in [0.25, 0.3) is 0 Å². The Morgan fingerprint density at radius 2 is 0.964 bits per heavy atom. The monoisotopic (exact) mass is 716 g/mol. The molecule has 0 unspecified atom stereocenters. The lowest BCUT2D eigenvalue weighted by Gasteiger charge is -2.16. The van der Waals surface area contributed by atoms with Gasteiger partial charge < -0.3 is 9.13 Å². The molecular formula is C52H36N4. The topological polar surface area (TPSA) is 35.1 Å². The first-order chi connectivity index (χ1) is 27.8. The number of pyridine rings is 1. The van der Waals surface area contributed by atoms with Gasteiger partial charge >= 0.3 is 0 Å². The fourth-order valence-corrected chi connectivity index (χ4v) is 8.60. The lowest BCUT2D eigenvalue weighted by Crippen LogP contribution is -1.99. The van der Waals surface area contributed by atoms with Gasteiger partial charge in [0.1, 0.15) is 0 Å². The molecule has 11 rings (SSSR count). The molecule has 0 atom stereocenters. The van der Waals surface area contributed by atoms with E-state index in [2.05, 4.69) is 185 Å². The highest BCUT2D eigenvalue weighted by atomic mass is 15.0. The normalized spacial score (nSPS) is 12.9. The summed E-state index contributed by atoms with van der Waals surface area (Å²) in [7, 11) is 0. The fourth-order valence-electron chi connectivity index (χ4n) is 8.60. The Bertz CT molecular complexity index is 3100. The summed E-state index contributed by atoms with van der Waals surface area (Å²) in [5, 5.41) is 4.79. The molecular weight excluding hydrogens is 681 g/mol. The van der Waals surface area contributed by atoms with Crippen LogP contribution in [-0.2, 0) is 0 Å². The quantitative estimate of drug-likeness (QED) is 0.169. The van der Waals surface area contributed by atoms with E-state index in [4.69, 9.17) is 9.98 Å². The predicted octanol–water partition coefficient (Wildman–Crippen LogP) is 13.5. The van der Waals surface area contributed by atoms with E-state index in [9.17, 15) is 0 Å². The molecule has 56 heavy (non-hydrogen) atoms. The SMILES string of the molecule is C1=NC(c2ccc3c(c2)c2ccc4c5cc(-c6ccccn6)ccc5n(-c5cc(-c6ccccc6)cc(-c6ccccc6)c5)c4c2n3-c2ccccc2)=CCC1. The van der Waals surface area contributed by atoms with Gasteiger partial charge in [-0.1, -0.05) is 115 Å². The summed E-state index contributed by atoms with van der Waals surface area (Å²) >= 11 is 0. The Kier molecular flexibility index (Phi) is 7.59. The zero-order chi connectivity index (χ0) is 37.0. The highest BCUT2D eigenvalue weighted by Gasteiger charge is 2.23. The maximum atomic E-state index is 4.80. The number of aliphatic imine (C=N–C) groups is 1. The first-order valence-corrected chi connectivity index (χ1v) is 19.3. The average molecular weight is 717 g/mol. The fraction of sp³-hybridized carbons (Fsp3) is 0.0385. The van der Waals surface area contributed by atoms with E-state index in [1.807, 2.05) is 18.5 Å². The van der Waals surface area contributed by atoms with Crippen LogP contribution in [0.2, 0.25) is 0 Å². The number of hydrogen-bond acceptors (Lipinski definition) is 2. The van der Waals surface area contributed by atoms with E-state index in [-0.39, 0.29) is 0 Å². The van der Waals surface area contributed by atoms with Crippen molar-refractivity contribution in [1.29, 1.82) is 0 Å². The Labute approximate surface area is 325 Å². The molecule has 1 aliphatic rings. The minimum absolute atomic E-state index is 0.958. The molecule has 0 amide bonds. The molecule has 3 aromatic heterocycles. The van der Waals surface area contributed by atoms with Gasteiger partial charge in [-0.3, -0.25) is 9.98 Å². The first-order valence-electron chi connectivity index (χ1n) is 19.3. The van der Waals surface area contributed by atoms with Gasteiger partial charge in [0.2, 0.25) is 0 Å². The molecule has 0 saturated carbocycles. The molecule has 10 aromatic rings. The third-order valence-electron chi connectivity index (χ3n) is 11.2. The van der Waals surface area contributed by atoms with Crippen molar-refractivity contribution in [2.75, 3.05) is 0 Å². The van der Waals surface area contributed by atoms with Gasteiger partial charge in [-0.2, -0.15) is 0 Å². The second-order valence-electron chi connectivity index (χ2n) is 14.5. The molecule has 0 bridgehead atoms. The standard InChI is InChI=1S/C52H36N4/c1-4-14-35(15-5-1)39-30-40(36-16-6-2-7-17-36)32-42(31-39)56-50-27-23-38(48-21-11-13-29-54-48)34-46(50)44-25-24-43-45-33-37(47-20-10-12-28-53-47)22-26-49(45)55(51(43)52(44)56)41-18-8-3-9-19-41/h1-9,11,13-34H,10,12H2. The minimum atomic E-state index is 0.958. The van der Waals surface area contributed by atoms with E-state index in [1.165, 1.54) is 49.3 Å². The van der Waals surface area contributed by atoms with Crippen molar-refractivity contribution in [2.45, 2.75) is 12.8 Å². The highest BCUT2D eigenvalue weighted by Crippen LogP contribution is 2.44. The maximum Gasteiger partial charge on any atom is 0.0788 e. The third-order valence-corrected chi connectivity index (χ3v) is 11.2. The largest absolute Gasteiger partial charge is 0.307 e. The lowest BCUT2D eigenvalue weighted by atomic mass is 9.98. The molecule has 4 nitrogen and oxygen atoms in total. The average Bonchev–Trinajstić information content (AvgIpc) is 3.80. The van der Waals surface area contributed by atoms with Gasteiger partial charge in [-0.15, -0.1) is 0 Å². The number of benzene rings is 7. The number of hydrogen-bond donors (Lipinski definition) is 0. The summed E-state index contributed by atoms with van der Waals surface area (Å²) in [6.45, 7) is 0. The smallest absolute Gasteiger partial charge is 0.0788 e. The van der Waals surface area contributed by atoms with Gasteiger partial charge in [-0.05, 0) is 102 Å². The van der Waals surface area contributed by atoms with Crippen LogP contribution in [0.1, 0.15) is 18.4 Å². The summed E-state index contributed by atoms with van der Waals surface area (Å²) < 4.78 is 4.96. The van der Waals surface area contributed by atoms with Crippen molar-refractivity contribution in [3.05, 3.63) is 194 Å². The molecule has 0 aliphatic carbocycles. The zero-order valence-corrected chi connectivity index (χ0v) is 30.7. The Hall–Kier alpha value is -7.30. The minimum Gasteiger partial charge on any atom is -0.307 e. The van der Waals surface area contributed by atoms with Crippen LogP contribution in [0.15, 0.2) is 193 Å². The van der Waals surface area contributed by atoms with Crippen LogP contribution in [0.4, 0.5) is 0 Å². The van der Waals surface area contributed by atoms with Crippen molar-refractivity contribution in [2.24, 2.45) is 4.99 Å². The van der Waals surface area contributed by atoms with Crippen LogP contribution < -0.4 is 0 Å². The van der Waals surface area contributed by atoms with Gasteiger partial charge in [-0.25, -0.2) is 0 Å². The van der Waals surface area contributed by atoms with Crippen LogP contribution in [0.5, 0.6) is 0 Å². The molecule has 7 aromatic carbocycles. The van der Waals surface area contributed by atoms with Crippen LogP contribution >= 0.6 is 0 Å². The van der Waals surface area contributed by atoms with E-state index in [0.29, 0.717) is 0 Å². The van der Waals surface area contributed by atoms with Crippen molar-refractivity contribution in [3.63, 3.8) is 0 Å². The second-order valence-corrected chi connectivity index (χ2v) is 14.5. The molecule has 264 valence electrons. The Morgan fingerprint density at radius 1 is 0.393 bits per heavy atom. The van der Waals surface area contributed by atoms with Crippen LogP contribution in [0, 0.1) is 0 Å². The maximum absolute atomic E-state index is 4.80. The van der Waals surface area contributed by atoms with E-state index in [1.54, 1.807) is 0 Å². The molecule has 0 fully saturated rings. The summed E-state index contributed by atoms with van der Waals surface area (Å²) in [5.74, 6) is 0. The van der Waals surface area contributed by atoms with Crippen molar-refractivity contribution in [3.8, 4) is 44.9 Å². The zero-order valence-electron chi connectivity index (χ0n) is 30.7. The number of rotatable bonds is 6. The molecule has 0 spiro atoms. The molecule has 4 heteroatoms. The van der Waals surface area contributed by atoms with E-state index in [0.717, 1.165) is 63.3 Å². The second kappa shape index (κ2) is 13.2. The van der Waals surface area contributed by atoms with Crippen LogP contribution in [-0.4, -0.2) is 20.3 Å². The summed E-state index contributed by atoms with van der Waals surface area (Å²) in [6.07, 6.45) is 8.17. The summed E-state index contributed by atoms with van der Waals surface area (Å²) in [5.41, 5.74) is 15.8. The Balaban J connectivity index is 1.30. The number of fused-ring (bicyclic) bond motifs is 7. The molecule has 0 N–H and O–H groups in total. The number of para-hydroxylation sites is 1. The predicted molar refractivity (Wildman–Crippen MR) is 235 cm³/mol. The first kappa shape index (κ1) is 32.2. The number of aromatic nitrogens is 3. The van der Waals surface area contributed by atoms with Crippen molar-refractivity contribution < 1.29 is 0 Å². The lowest BCUT2D eigenvalue weighted by molar-refractivity contribution is 1.09. The van der Waals surface area contributed by atoms with Gasteiger partial charge in [0, 0.05) is 56.5 Å². The van der Waals surface area contributed by atoms with Gasteiger partial charge in [0.05, 0.1) is 33.5 Å². The molecule has 0 radical (unpaired) electrons. The summed E-state index contributed by atoms with van der Waals surface area (Å²) in [4.78, 5) is 9.55. The van der Waals surface area contributed by atoms with Crippen LogP contribution in [0.3, 0.4) is 0 Å². The van der Waals surface area contributed by atoms with Crippen molar-refractivity contribution >= 4 is 55.5 Å². The van der Waals surface area contributed by atoms with Crippen LogP contribution in [0.25, 0.3) is 94.2 Å². The summed E-state index contributed by atoms with van der Waals surface area (Å²) in [6, 6.07) is 63.7. The Morgan fingerprint density at radius 3 is 1.55 bits per heavy atom. The third kappa shape index (κ3) is 5.30. The van der Waals surface area contributed by atoms with Crippen molar-refractivity contribution in [1.82, 2.24) is 14.1 Å².